The number of aryl methyl sites for hydroxylation is 1. The van der Waals surface area contributed by atoms with E-state index in [1.165, 1.54) is 16.3 Å². The van der Waals surface area contributed by atoms with Crippen molar-refractivity contribution in [1.82, 2.24) is 4.57 Å². The van der Waals surface area contributed by atoms with Crippen molar-refractivity contribution in [3.8, 4) is 6.07 Å². The van der Waals surface area contributed by atoms with Gasteiger partial charge in [-0.25, -0.2) is 4.79 Å². The molecule has 0 unspecified atom stereocenters. The average molecular weight is 220 g/mol. The zero-order chi connectivity index (χ0) is 10.8. The maximum atomic E-state index is 11.2. The molecule has 0 amide bonds. The largest absolute Gasteiger partial charge is 0.419 e. The smallest absolute Gasteiger partial charge is 0.408 e. The summed E-state index contributed by atoms with van der Waals surface area (Å²) in [5.74, 6) is 0.0233. The molecule has 4 nitrogen and oxygen atoms in total. The van der Waals surface area contributed by atoms with Gasteiger partial charge in [-0.05, 0) is 18.2 Å². The number of thioether (sulfide) groups is 1. The van der Waals surface area contributed by atoms with Crippen molar-refractivity contribution in [3.63, 3.8) is 0 Å². The Kier molecular flexibility index (Phi) is 2.52. The molecule has 1 heterocycles. The standard InChI is InChI=1S/C10H8N2O2S/c1-12-8-3-2-7(15-5-4-11)6-9(8)14-10(12)13/h2-3,6H,5H2,1H3. The molecular weight excluding hydrogens is 212 g/mol. The predicted octanol–water partition coefficient (Wildman–Crippen LogP) is 1.75. The van der Waals surface area contributed by atoms with Crippen LogP contribution in [0.4, 0.5) is 0 Å². The molecule has 0 atom stereocenters. The van der Waals surface area contributed by atoms with Crippen molar-refractivity contribution in [2.75, 3.05) is 5.75 Å². The lowest BCUT2D eigenvalue weighted by Crippen LogP contribution is -2.08. The van der Waals surface area contributed by atoms with E-state index in [-0.39, 0.29) is 5.76 Å². The summed E-state index contributed by atoms with van der Waals surface area (Å²) >= 11 is 1.42. The number of rotatable bonds is 2. The number of nitrogens with zero attached hydrogens (tertiary/aromatic N) is 2. The van der Waals surface area contributed by atoms with Crippen LogP contribution in [-0.2, 0) is 7.05 Å². The molecule has 0 radical (unpaired) electrons. The van der Waals surface area contributed by atoms with E-state index in [2.05, 4.69) is 0 Å². The Hall–Kier alpha value is -1.67. The molecule has 0 aliphatic heterocycles. The quantitative estimate of drug-likeness (QED) is 0.723. The van der Waals surface area contributed by atoms with E-state index in [0.29, 0.717) is 11.3 Å². The van der Waals surface area contributed by atoms with Crippen LogP contribution in [-0.4, -0.2) is 10.3 Å². The summed E-state index contributed by atoms with van der Waals surface area (Å²) in [6, 6.07) is 7.52. The molecule has 0 bridgehead atoms. The number of aromatic nitrogens is 1. The van der Waals surface area contributed by atoms with Gasteiger partial charge in [-0.1, -0.05) is 0 Å². The van der Waals surface area contributed by atoms with Crippen LogP contribution in [0, 0.1) is 11.3 Å². The van der Waals surface area contributed by atoms with Gasteiger partial charge in [0.2, 0.25) is 0 Å². The molecule has 0 saturated carbocycles. The fraction of sp³-hybridized carbons (Fsp3) is 0.200. The predicted molar refractivity (Wildman–Crippen MR) is 57.8 cm³/mol. The normalized spacial score (nSPS) is 10.4. The van der Waals surface area contributed by atoms with E-state index in [9.17, 15) is 4.79 Å². The fourth-order valence-corrected chi connectivity index (χ4v) is 1.91. The Labute approximate surface area is 90.1 Å². The van der Waals surface area contributed by atoms with Crippen LogP contribution in [0.15, 0.2) is 32.3 Å². The highest BCUT2D eigenvalue weighted by atomic mass is 32.2. The van der Waals surface area contributed by atoms with Gasteiger partial charge >= 0.3 is 5.76 Å². The molecular formula is C10H8N2O2S. The highest BCUT2D eigenvalue weighted by molar-refractivity contribution is 7.99. The van der Waals surface area contributed by atoms with Crippen LogP contribution < -0.4 is 5.76 Å². The molecule has 0 aliphatic rings. The second-order valence-corrected chi connectivity index (χ2v) is 4.05. The molecule has 2 rings (SSSR count). The highest BCUT2D eigenvalue weighted by Crippen LogP contribution is 2.22. The van der Waals surface area contributed by atoms with E-state index in [4.69, 9.17) is 9.68 Å². The maximum Gasteiger partial charge on any atom is 0.419 e. The molecule has 0 N–H and O–H groups in total. The molecule has 1 aromatic heterocycles. The molecule has 1 aromatic carbocycles. The van der Waals surface area contributed by atoms with Gasteiger partial charge < -0.3 is 4.42 Å². The van der Waals surface area contributed by atoms with Crippen LogP contribution in [0.25, 0.3) is 11.1 Å². The lowest BCUT2D eigenvalue weighted by molar-refractivity contribution is 0.527. The van der Waals surface area contributed by atoms with Gasteiger partial charge in [-0.3, -0.25) is 4.57 Å². The zero-order valence-electron chi connectivity index (χ0n) is 8.06. The SMILES string of the molecule is Cn1c(=O)oc2cc(SCC#N)ccc21. The summed E-state index contributed by atoms with van der Waals surface area (Å²) in [5.41, 5.74) is 1.33. The van der Waals surface area contributed by atoms with Crippen LogP contribution in [0.3, 0.4) is 0 Å². The van der Waals surface area contributed by atoms with E-state index < -0.39 is 0 Å². The van der Waals surface area contributed by atoms with Crippen molar-refractivity contribution in [2.24, 2.45) is 7.05 Å². The maximum absolute atomic E-state index is 11.2. The first-order valence-electron chi connectivity index (χ1n) is 4.31. The van der Waals surface area contributed by atoms with Crippen molar-refractivity contribution in [3.05, 3.63) is 28.7 Å². The van der Waals surface area contributed by atoms with Gasteiger partial charge in [0.1, 0.15) is 0 Å². The topological polar surface area (TPSA) is 58.9 Å². The summed E-state index contributed by atoms with van der Waals surface area (Å²) in [4.78, 5) is 12.1. The van der Waals surface area contributed by atoms with Gasteiger partial charge in [-0.2, -0.15) is 5.26 Å². The number of oxazole rings is 1. The van der Waals surface area contributed by atoms with Gasteiger partial charge in [0.15, 0.2) is 5.58 Å². The number of hydrogen-bond donors (Lipinski definition) is 0. The lowest BCUT2D eigenvalue weighted by Gasteiger charge is -1.96. The minimum absolute atomic E-state index is 0.368. The van der Waals surface area contributed by atoms with E-state index in [1.807, 2.05) is 18.2 Å². The van der Waals surface area contributed by atoms with E-state index in [1.54, 1.807) is 13.1 Å². The van der Waals surface area contributed by atoms with Crippen LogP contribution >= 0.6 is 11.8 Å². The number of benzene rings is 1. The summed E-state index contributed by atoms with van der Waals surface area (Å²) in [7, 11) is 1.66. The first-order chi connectivity index (χ1) is 7.22. The molecule has 0 spiro atoms. The number of hydrogen-bond acceptors (Lipinski definition) is 4. The zero-order valence-corrected chi connectivity index (χ0v) is 8.87. The molecule has 0 saturated heterocycles. The second-order valence-electron chi connectivity index (χ2n) is 3.00. The van der Waals surface area contributed by atoms with Crippen molar-refractivity contribution in [2.45, 2.75) is 4.90 Å². The third-order valence-corrected chi connectivity index (χ3v) is 2.93. The molecule has 76 valence electrons. The third kappa shape index (κ3) is 1.76. The van der Waals surface area contributed by atoms with Gasteiger partial charge in [0.05, 0.1) is 17.3 Å². The lowest BCUT2D eigenvalue weighted by atomic mass is 10.3. The summed E-state index contributed by atoms with van der Waals surface area (Å²) in [6.45, 7) is 0. The molecule has 0 fully saturated rings. The average Bonchev–Trinajstić information content (AvgIpc) is 2.52. The van der Waals surface area contributed by atoms with E-state index in [0.717, 1.165) is 10.4 Å². The van der Waals surface area contributed by atoms with Crippen molar-refractivity contribution in [1.29, 1.82) is 5.26 Å². The first kappa shape index (κ1) is 9.87. The van der Waals surface area contributed by atoms with Crippen molar-refractivity contribution >= 4 is 22.9 Å². The molecule has 2 aromatic rings. The highest BCUT2D eigenvalue weighted by Gasteiger charge is 2.06. The van der Waals surface area contributed by atoms with Crippen LogP contribution in [0.2, 0.25) is 0 Å². The minimum atomic E-state index is -0.368. The fourth-order valence-electron chi connectivity index (χ4n) is 1.32. The summed E-state index contributed by atoms with van der Waals surface area (Å²) in [5, 5.41) is 8.44. The Morgan fingerprint density at radius 3 is 3.13 bits per heavy atom. The van der Waals surface area contributed by atoms with Crippen molar-refractivity contribution < 1.29 is 4.42 Å². The Balaban J connectivity index is 2.49. The monoisotopic (exact) mass is 220 g/mol. The van der Waals surface area contributed by atoms with Crippen LogP contribution in [0.1, 0.15) is 0 Å². The number of nitriles is 1. The first-order valence-corrected chi connectivity index (χ1v) is 5.30. The Bertz CT molecular complexity index is 591. The number of fused-ring (bicyclic) bond motifs is 1. The van der Waals surface area contributed by atoms with E-state index >= 15 is 0 Å². The summed E-state index contributed by atoms with van der Waals surface area (Å²) in [6.07, 6.45) is 0. The van der Waals surface area contributed by atoms with Crippen LogP contribution in [0.5, 0.6) is 0 Å². The van der Waals surface area contributed by atoms with Gasteiger partial charge in [-0.15, -0.1) is 11.8 Å². The minimum Gasteiger partial charge on any atom is -0.408 e. The Morgan fingerprint density at radius 2 is 2.40 bits per heavy atom. The third-order valence-electron chi connectivity index (χ3n) is 2.07. The van der Waals surface area contributed by atoms with Gasteiger partial charge in [0, 0.05) is 11.9 Å². The summed E-state index contributed by atoms with van der Waals surface area (Å²) < 4.78 is 6.48. The molecule has 5 heteroatoms. The van der Waals surface area contributed by atoms with Gasteiger partial charge in [0.25, 0.3) is 0 Å². The Morgan fingerprint density at radius 1 is 1.60 bits per heavy atom. The second kappa shape index (κ2) is 3.83. The molecule has 15 heavy (non-hydrogen) atoms. The molecule has 0 aliphatic carbocycles.